The monoisotopic (exact) mass is 258 g/mol. The van der Waals surface area contributed by atoms with E-state index in [1.54, 1.807) is 16.7 Å². The highest BCUT2D eigenvalue weighted by molar-refractivity contribution is 8.00. The van der Waals surface area contributed by atoms with Gasteiger partial charge in [-0.1, -0.05) is 0 Å². The third-order valence-corrected chi connectivity index (χ3v) is 4.03. The molecule has 0 aromatic rings. The second-order valence-corrected chi connectivity index (χ2v) is 6.64. The maximum atomic E-state index is 11.9. The molecule has 0 aliphatic carbocycles. The SMILES string of the molecule is CC(C)(C)OC(=O)N1CC2NC(=O)CSC2C1. The number of nitrogens with one attached hydrogen (secondary N) is 1. The Balaban J connectivity index is 1.93. The van der Waals surface area contributed by atoms with Crippen LogP contribution >= 0.6 is 11.8 Å². The van der Waals surface area contributed by atoms with Crippen LogP contribution in [0.4, 0.5) is 4.79 Å². The first-order valence-corrected chi connectivity index (χ1v) is 6.79. The van der Waals surface area contributed by atoms with Crippen LogP contribution in [0, 0.1) is 0 Å². The van der Waals surface area contributed by atoms with E-state index in [0.717, 1.165) is 0 Å². The largest absolute Gasteiger partial charge is 0.444 e. The molecule has 2 unspecified atom stereocenters. The Morgan fingerprint density at radius 2 is 2.18 bits per heavy atom. The molecule has 1 N–H and O–H groups in total. The second kappa shape index (κ2) is 4.40. The first-order chi connectivity index (χ1) is 7.85. The summed E-state index contributed by atoms with van der Waals surface area (Å²) in [6.45, 7) is 6.77. The van der Waals surface area contributed by atoms with Gasteiger partial charge in [-0.15, -0.1) is 11.8 Å². The van der Waals surface area contributed by atoms with Crippen molar-refractivity contribution in [3.05, 3.63) is 0 Å². The molecule has 2 aliphatic heterocycles. The summed E-state index contributed by atoms with van der Waals surface area (Å²) in [6.07, 6.45) is -0.290. The highest BCUT2D eigenvalue weighted by atomic mass is 32.2. The highest BCUT2D eigenvalue weighted by Gasteiger charge is 2.40. The number of hydrogen-bond acceptors (Lipinski definition) is 4. The molecular weight excluding hydrogens is 240 g/mol. The minimum atomic E-state index is -0.471. The molecule has 0 saturated carbocycles. The Labute approximate surface area is 105 Å². The van der Waals surface area contributed by atoms with Gasteiger partial charge in [-0.05, 0) is 20.8 Å². The van der Waals surface area contributed by atoms with E-state index in [4.69, 9.17) is 4.74 Å². The molecule has 17 heavy (non-hydrogen) atoms. The van der Waals surface area contributed by atoms with Crippen LogP contribution in [0.3, 0.4) is 0 Å². The molecule has 2 rings (SSSR count). The van der Waals surface area contributed by atoms with Crippen molar-refractivity contribution in [3.63, 3.8) is 0 Å². The Hall–Kier alpha value is -0.910. The van der Waals surface area contributed by atoms with Gasteiger partial charge in [-0.25, -0.2) is 4.79 Å². The molecule has 96 valence electrons. The molecule has 2 saturated heterocycles. The molecule has 2 heterocycles. The molecule has 2 atom stereocenters. The summed E-state index contributed by atoms with van der Waals surface area (Å²) < 4.78 is 5.32. The maximum Gasteiger partial charge on any atom is 0.410 e. The lowest BCUT2D eigenvalue weighted by molar-refractivity contribution is -0.119. The summed E-state index contributed by atoms with van der Waals surface area (Å²) in [4.78, 5) is 24.8. The molecule has 6 heteroatoms. The van der Waals surface area contributed by atoms with E-state index in [-0.39, 0.29) is 18.0 Å². The zero-order valence-electron chi connectivity index (χ0n) is 10.4. The van der Waals surface area contributed by atoms with Gasteiger partial charge in [0.2, 0.25) is 5.91 Å². The van der Waals surface area contributed by atoms with E-state index >= 15 is 0 Å². The van der Waals surface area contributed by atoms with E-state index < -0.39 is 5.60 Å². The zero-order chi connectivity index (χ0) is 12.6. The summed E-state index contributed by atoms with van der Waals surface area (Å²) in [5.74, 6) is 0.547. The Bertz CT molecular complexity index is 340. The lowest BCUT2D eigenvalue weighted by Gasteiger charge is -2.24. The van der Waals surface area contributed by atoms with Crippen LogP contribution in [0.1, 0.15) is 20.8 Å². The summed E-state index contributed by atoms with van der Waals surface area (Å²) in [5, 5.41) is 3.22. The summed E-state index contributed by atoms with van der Waals surface area (Å²) >= 11 is 1.62. The van der Waals surface area contributed by atoms with Gasteiger partial charge in [0.15, 0.2) is 0 Å². The van der Waals surface area contributed by atoms with Crippen LogP contribution in [0.15, 0.2) is 0 Å². The van der Waals surface area contributed by atoms with Crippen molar-refractivity contribution in [2.24, 2.45) is 0 Å². The van der Waals surface area contributed by atoms with Crippen LogP contribution in [0.2, 0.25) is 0 Å². The van der Waals surface area contributed by atoms with E-state index in [1.807, 2.05) is 20.8 Å². The third-order valence-electron chi connectivity index (χ3n) is 2.69. The molecule has 0 radical (unpaired) electrons. The summed E-state index contributed by atoms with van der Waals surface area (Å²) in [6, 6.07) is 0.0776. The Morgan fingerprint density at radius 3 is 2.82 bits per heavy atom. The van der Waals surface area contributed by atoms with Crippen LogP contribution < -0.4 is 5.32 Å². The van der Waals surface area contributed by atoms with Gasteiger partial charge in [-0.2, -0.15) is 0 Å². The number of fused-ring (bicyclic) bond motifs is 1. The van der Waals surface area contributed by atoms with Crippen LogP contribution in [-0.2, 0) is 9.53 Å². The lowest BCUT2D eigenvalue weighted by Crippen LogP contribution is -2.47. The first-order valence-electron chi connectivity index (χ1n) is 5.74. The fourth-order valence-corrected chi connectivity index (χ4v) is 3.11. The molecule has 2 aliphatic rings. The van der Waals surface area contributed by atoms with Crippen molar-refractivity contribution >= 4 is 23.8 Å². The number of ether oxygens (including phenoxy) is 1. The number of nitrogens with zero attached hydrogens (tertiary/aromatic N) is 1. The quantitative estimate of drug-likeness (QED) is 0.699. The summed E-state index contributed by atoms with van der Waals surface area (Å²) in [7, 11) is 0. The van der Waals surface area contributed by atoms with Gasteiger partial charge in [0, 0.05) is 18.3 Å². The normalized spacial score (nSPS) is 28.6. The minimum absolute atomic E-state index is 0.0577. The molecule has 0 bridgehead atoms. The van der Waals surface area contributed by atoms with Gasteiger partial charge in [0.1, 0.15) is 5.60 Å². The molecule has 2 fully saturated rings. The molecule has 0 aromatic carbocycles. The van der Waals surface area contributed by atoms with Gasteiger partial charge in [0.05, 0.1) is 11.8 Å². The van der Waals surface area contributed by atoms with Crippen molar-refractivity contribution < 1.29 is 14.3 Å². The second-order valence-electron chi connectivity index (χ2n) is 5.41. The van der Waals surface area contributed by atoms with E-state index in [2.05, 4.69) is 5.32 Å². The van der Waals surface area contributed by atoms with Crippen molar-refractivity contribution in [1.82, 2.24) is 10.2 Å². The molecule has 2 amide bonds. The smallest absolute Gasteiger partial charge is 0.410 e. The number of rotatable bonds is 0. The predicted octanol–water partition coefficient (Wildman–Crippen LogP) is 0.837. The first kappa shape index (κ1) is 12.5. The number of amides is 2. The van der Waals surface area contributed by atoms with Crippen molar-refractivity contribution in [3.8, 4) is 0 Å². The molecule has 5 nitrogen and oxygen atoms in total. The predicted molar refractivity (Wildman–Crippen MR) is 66.0 cm³/mol. The fourth-order valence-electron chi connectivity index (χ4n) is 1.99. The number of carbonyl (C=O) groups excluding carboxylic acids is 2. The minimum Gasteiger partial charge on any atom is -0.444 e. The van der Waals surface area contributed by atoms with Crippen LogP contribution in [-0.4, -0.2) is 52.6 Å². The van der Waals surface area contributed by atoms with E-state index in [1.165, 1.54) is 0 Å². The Morgan fingerprint density at radius 1 is 1.47 bits per heavy atom. The standard InChI is InChI=1S/C11H18N2O3S/c1-11(2,3)16-10(15)13-4-7-8(5-13)17-6-9(14)12-7/h7-8H,4-6H2,1-3H3,(H,12,14). The van der Waals surface area contributed by atoms with Crippen LogP contribution in [0.25, 0.3) is 0 Å². The number of hydrogen-bond donors (Lipinski definition) is 1. The van der Waals surface area contributed by atoms with Gasteiger partial charge in [-0.3, -0.25) is 4.79 Å². The van der Waals surface area contributed by atoms with E-state index in [0.29, 0.717) is 24.1 Å². The number of likely N-dealkylation sites (tertiary alicyclic amines) is 1. The third kappa shape index (κ3) is 3.06. The molecule has 0 aromatic heterocycles. The average Bonchev–Trinajstić information content (AvgIpc) is 2.57. The topological polar surface area (TPSA) is 58.6 Å². The number of carbonyl (C=O) groups is 2. The van der Waals surface area contributed by atoms with Crippen molar-refractivity contribution in [2.45, 2.75) is 37.7 Å². The summed E-state index contributed by atoms with van der Waals surface area (Å²) in [5.41, 5.74) is -0.471. The van der Waals surface area contributed by atoms with Gasteiger partial charge in [0.25, 0.3) is 0 Å². The van der Waals surface area contributed by atoms with Gasteiger partial charge < -0.3 is 15.0 Å². The zero-order valence-corrected chi connectivity index (χ0v) is 11.2. The van der Waals surface area contributed by atoms with E-state index in [9.17, 15) is 9.59 Å². The maximum absolute atomic E-state index is 11.9. The van der Waals surface area contributed by atoms with Crippen molar-refractivity contribution in [1.29, 1.82) is 0 Å². The van der Waals surface area contributed by atoms with Crippen LogP contribution in [0.5, 0.6) is 0 Å². The molecule has 0 spiro atoms. The number of thioether (sulfide) groups is 1. The van der Waals surface area contributed by atoms with Crippen molar-refractivity contribution in [2.75, 3.05) is 18.8 Å². The molecular formula is C11H18N2O3S. The Kier molecular flexibility index (Phi) is 3.25. The average molecular weight is 258 g/mol. The highest BCUT2D eigenvalue weighted by Crippen LogP contribution is 2.27. The fraction of sp³-hybridized carbons (Fsp3) is 0.818. The van der Waals surface area contributed by atoms with Gasteiger partial charge >= 0.3 is 6.09 Å². The lowest BCUT2D eigenvalue weighted by atomic mass is 10.2.